The molecule has 12 nitrogen and oxygen atoms in total. The van der Waals surface area contributed by atoms with Gasteiger partial charge in [0.1, 0.15) is 0 Å². The van der Waals surface area contributed by atoms with Crippen molar-refractivity contribution < 1.29 is 37.3 Å². The number of fused-ring (bicyclic) bond motifs is 4. The zero-order valence-electron chi connectivity index (χ0n) is 16.9. The molecule has 3 aliphatic heterocycles. The van der Waals surface area contributed by atoms with E-state index in [4.69, 9.17) is 41.3 Å². The summed E-state index contributed by atoms with van der Waals surface area (Å²) in [4.78, 5) is 55.6. The minimum atomic E-state index is -5.18. The molecule has 0 aliphatic carbocycles. The number of alkyl halides is 2. The van der Waals surface area contributed by atoms with Crippen LogP contribution in [0.15, 0.2) is 0 Å². The molecule has 0 unspecified atom stereocenters. The summed E-state index contributed by atoms with van der Waals surface area (Å²) in [6, 6.07) is -3.07. The van der Waals surface area contributed by atoms with Crippen LogP contribution >= 0.6 is 37.9 Å². The molecule has 6 amide bonds. The number of carbonyl (C=O) groups excluding carboxylic acids is 4. The van der Waals surface area contributed by atoms with Gasteiger partial charge in [0.25, 0.3) is 0 Å². The van der Waals surface area contributed by atoms with Gasteiger partial charge >= 0.3 is 183 Å². The number of amides is 6. The maximum absolute atomic E-state index is 13.7. The van der Waals surface area contributed by atoms with Crippen LogP contribution in [0.25, 0.3) is 0 Å². The number of hydrogen-bond acceptors (Lipinski definition) is 8. The first-order valence-corrected chi connectivity index (χ1v) is 14.3. The average Bonchev–Trinajstić information content (AvgIpc) is 2.95. The van der Waals surface area contributed by atoms with Crippen LogP contribution in [-0.2, 0) is 18.1 Å². The summed E-state index contributed by atoms with van der Waals surface area (Å²) in [5, 5.41) is 0. The molecule has 0 radical (unpaired) electrons. The van der Waals surface area contributed by atoms with E-state index in [0.29, 0.717) is 9.80 Å². The van der Waals surface area contributed by atoms with Gasteiger partial charge < -0.3 is 0 Å². The molecular formula is C14H24Cl2N4O8P2. The second-order valence-corrected chi connectivity index (χ2v) is 14.2. The molecule has 0 spiro atoms. The van der Waals surface area contributed by atoms with E-state index in [1.807, 2.05) is 0 Å². The Morgan fingerprint density at radius 1 is 0.633 bits per heavy atom. The number of urea groups is 2. The van der Waals surface area contributed by atoms with Gasteiger partial charge in [-0.25, -0.2) is 0 Å². The average molecular weight is 509 g/mol. The Kier molecular flexibility index (Phi) is 5.84. The normalized spacial score (nSPS) is 27.8. The fourth-order valence-corrected chi connectivity index (χ4v) is 19.0. The van der Waals surface area contributed by atoms with Crippen LogP contribution in [-0.4, -0.2) is 80.5 Å². The van der Waals surface area contributed by atoms with Gasteiger partial charge in [0, 0.05) is 0 Å². The van der Waals surface area contributed by atoms with Gasteiger partial charge in [-0.05, 0) is 0 Å². The third-order valence-corrected chi connectivity index (χ3v) is 17.3. The number of hydrogen-bond donors (Lipinski definition) is 0. The molecule has 3 fully saturated rings. The molecule has 16 heteroatoms. The summed E-state index contributed by atoms with van der Waals surface area (Å²) in [5.74, 6) is 0. The van der Waals surface area contributed by atoms with E-state index in [1.54, 1.807) is 27.7 Å². The van der Waals surface area contributed by atoms with Crippen LogP contribution in [0.2, 0.25) is 0 Å². The van der Waals surface area contributed by atoms with Crippen LogP contribution in [0, 0.1) is 0 Å². The molecule has 172 valence electrons. The van der Waals surface area contributed by atoms with Crippen LogP contribution in [0.4, 0.5) is 19.2 Å². The molecule has 3 heterocycles. The van der Waals surface area contributed by atoms with Crippen molar-refractivity contribution in [2.45, 2.75) is 27.7 Å². The molecule has 0 bridgehead atoms. The number of imide groups is 2. The SMILES string of the molecule is CCOP12(OCC)C(=O)N(CCl)C(=O)N1P1(OCC)(OCC)C(=O)N(CCl)C(=O)N21. The van der Waals surface area contributed by atoms with E-state index < -0.39 is 50.1 Å². The van der Waals surface area contributed by atoms with Crippen molar-refractivity contribution in [2.75, 3.05) is 38.4 Å². The molecule has 0 saturated carbocycles. The van der Waals surface area contributed by atoms with Crippen molar-refractivity contribution in [3.05, 3.63) is 0 Å². The Labute approximate surface area is 183 Å². The first kappa shape index (κ1) is 23.8. The number of rotatable bonds is 10. The Hall–Kier alpha value is -0.840. The summed E-state index contributed by atoms with van der Waals surface area (Å²) in [5.41, 5.74) is -1.91. The summed E-state index contributed by atoms with van der Waals surface area (Å²) < 4.78 is 25.4. The molecule has 3 rings (SSSR count). The Morgan fingerprint density at radius 3 is 1.10 bits per heavy atom. The Morgan fingerprint density at radius 2 is 0.900 bits per heavy atom. The molecule has 0 N–H and O–H groups in total. The molecule has 30 heavy (non-hydrogen) atoms. The standard InChI is InChI=1S/C14H24Cl2N4O8P2/c1-5-25-29(26-6-2)13(23)17(9-15)11(21)19(29)30(27-7-3,28-8-4)14(24)18(10-16)12(22)20(29)30/h5-10H2,1-4H3. The van der Waals surface area contributed by atoms with Gasteiger partial charge in [0.05, 0.1) is 0 Å². The van der Waals surface area contributed by atoms with E-state index in [2.05, 4.69) is 0 Å². The zero-order valence-corrected chi connectivity index (χ0v) is 20.2. The fraction of sp³-hybridized carbons (Fsp3) is 0.714. The van der Waals surface area contributed by atoms with E-state index in [1.165, 1.54) is 0 Å². The summed E-state index contributed by atoms with van der Waals surface area (Å²) in [7, 11) is -10.4. The zero-order chi connectivity index (χ0) is 22.6. The predicted molar refractivity (Wildman–Crippen MR) is 111 cm³/mol. The van der Waals surface area contributed by atoms with Gasteiger partial charge in [-0.2, -0.15) is 0 Å². The number of nitrogens with zero attached hydrogens (tertiary/aromatic N) is 4. The van der Waals surface area contributed by atoms with Gasteiger partial charge in [-0.3, -0.25) is 0 Å². The van der Waals surface area contributed by atoms with Crippen molar-refractivity contribution in [2.24, 2.45) is 0 Å². The second-order valence-electron chi connectivity index (χ2n) is 6.22. The number of carbonyl (C=O) groups is 4. The molecule has 0 aromatic rings. The van der Waals surface area contributed by atoms with E-state index in [9.17, 15) is 19.2 Å². The molecule has 0 aromatic heterocycles. The quantitative estimate of drug-likeness (QED) is 0.237. The molecule has 3 aliphatic rings. The van der Waals surface area contributed by atoms with Crippen molar-refractivity contribution in [3.63, 3.8) is 0 Å². The first-order chi connectivity index (χ1) is 14.2. The Balaban J connectivity index is 2.49. The van der Waals surface area contributed by atoms with Crippen molar-refractivity contribution in [3.8, 4) is 0 Å². The third kappa shape index (κ3) is 2.05. The minimum absolute atomic E-state index is 0.118. The van der Waals surface area contributed by atoms with Crippen molar-refractivity contribution in [1.29, 1.82) is 0 Å². The summed E-state index contributed by atoms with van der Waals surface area (Å²) in [6.07, 6.45) is 0. The second kappa shape index (κ2) is 7.35. The predicted octanol–water partition coefficient (Wildman–Crippen LogP) is 4.68. The van der Waals surface area contributed by atoms with Gasteiger partial charge in [-0.1, -0.05) is 0 Å². The van der Waals surface area contributed by atoms with E-state index in [0.717, 1.165) is 8.88 Å². The fourth-order valence-electron chi connectivity index (χ4n) is 4.27. The molecular weight excluding hydrogens is 485 g/mol. The summed E-state index contributed by atoms with van der Waals surface area (Å²) >= 11 is 11.8. The van der Waals surface area contributed by atoms with Gasteiger partial charge in [0.2, 0.25) is 0 Å². The van der Waals surface area contributed by atoms with E-state index >= 15 is 0 Å². The third-order valence-electron chi connectivity index (χ3n) is 4.94. The molecule has 0 atom stereocenters. The van der Waals surface area contributed by atoms with Crippen molar-refractivity contribution in [1.82, 2.24) is 18.7 Å². The topological polar surface area (TPSA) is 118 Å². The van der Waals surface area contributed by atoms with Crippen LogP contribution < -0.4 is 0 Å². The number of halogens is 2. The van der Waals surface area contributed by atoms with Gasteiger partial charge in [-0.15, -0.1) is 0 Å². The van der Waals surface area contributed by atoms with Crippen LogP contribution in [0.5, 0.6) is 0 Å². The van der Waals surface area contributed by atoms with E-state index in [-0.39, 0.29) is 26.4 Å². The van der Waals surface area contributed by atoms with Crippen LogP contribution in [0.1, 0.15) is 27.7 Å². The maximum atomic E-state index is 13.7. The Bertz CT molecular complexity index is 738. The monoisotopic (exact) mass is 508 g/mol. The molecule has 3 saturated heterocycles. The first-order valence-electron chi connectivity index (χ1n) is 9.29. The van der Waals surface area contributed by atoms with Crippen molar-refractivity contribution >= 4 is 61.3 Å². The summed E-state index contributed by atoms with van der Waals surface area (Å²) in [6.45, 7) is 5.79. The molecule has 0 aromatic carbocycles. The van der Waals surface area contributed by atoms with Crippen LogP contribution in [0.3, 0.4) is 0 Å². The van der Waals surface area contributed by atoms with Gasteiger partial charge in [0.15, 0.2) is 0 Å².